The van der Waals surface area contributed by atoms with Gasteiger partial charge in [-0.25, -0.2) is 18.4 Å². The van der Waals surface area contributed by atoms with E-state index < -0.39 is 10.0 Å². The number of nitrogens with zero attached hydrogens (tertiary/aromatic N) is 2. The lowest BCUT2D eigenvalue weighted by Gasteiger charge is -2.04. The zero-order valence-electron chi connectivity index (χ0n) is 7.27. The van der Waals surface area contributed by atoms with Gasteiger partial charge in [-0.05, 0) is 0 Å². The summed E-state index contributed by atoms with van der Waals surface area (Å²) in [4.78, 5) is 7.48. The topological polar surface area (TPSA) is 81.2 Å². The Hall–Kier alpha value is -0.890. The molecule has 0 aliphatic rings. The van der Waals surface area contributed by atoms with Crippen LogP contribution in [0.2, 0.25) is 0 Å². The van der Waals surface area contributed by atoms with Gasteiger partial charge in [0.15, 0.2) is 0 Å². The van der Waals surface area contributed by atoms with Gasteiger partial charge >= 0.3 is 6.01 Å². The maximum Gasteiger partial charge on any atom is 0.316 e. The summed E-state index contributed by atoms with van der Waals surface area (Å²) < 4.78 is 29.0. The van der Waals surface area contributed by atoms with Gasteiger partial charge in [-0.2, -0.15) is 0 Å². The van der Waals surface area contributed by atoms with Gasteiger partial charge in [-0.1, -0.05) is 15.9 Å². The van der Waals surface area contributed by atoms with E-state index in [1.54, 1.807) is 0 Å². The lowest BCUT2D eigenvalue weighted by molar-refractivity contribution is 0.380. The molecule has 0 saturated carbocycles. The summed E-state index contributed by atoms with van der Waals surface area (Å²) in [6.07, 6.45) is 2.65. The molecule has 1 aromatic heterocycles. The fourth-order valence-corrected chi connectivity index (χ4v) is 1.54. The summed E-state index contributed by atoms with van der Waals surface area (Å²) in [6, 6.07) is 0.187. The summed E-state index contributed by atoms with van der Waals surface area (Å²) in [5, 5.41) is 0. The number of anilines is 1. The van der Waals surface area contributed by atoms with E-state index >= 15 is 0 Å². The lowest BCUT2D eigenvalue weighted by atomic mass is 10.6. The van der Waals surface area contributed by atoms with Crippen molar-refractivity contribution in [3.05, 3.63) is 12.4 Å². The van der Waals surface area contributed by atoms with E-state index in [1.807, 2.05) is 0 Å². The molecule has 8 heteroatoms. The third-order valence-corrected chi connectivity index (χ3v) is 3.87. The van der Waals surface area contributed by atoms with Crippen LogP contribution in [0.15, 0.2) is 12.4 Å². The zero-order chi connectivity index (χ0) is 10.6. The first-order chi connectivity index (χ1) is 6.57. The second-order valence-corrected chi connectivity index (χ2v) is 5.31. The maximum atomic E-state index is 11.1. The van der Waals surface area contributed by atoms with Crippen LogP contribution in [0, 0.1) is 0 Å². The van der Waals surface area contributed by atoms with Crippen molar-refractivity contribution < 1.29 is 13.2 Å². The van der Waals surface area contributed by atoms with Crippen LogP contribution in [0.1, 0.15) is 0 Å². The second kappa shape index (κ2) is 4.56. The van der Waals surface area contributed by atoms with Gasteiger partial charge in [0.2, 0.25) is 10.0 Å². The molecule has 0 aliphatic carbocycles. The number of nitrogens with one attached hydrogen (secondary N) is 1. The predicted octanol–water partition coefficient (Wildman–Crippen LogP) is 0.579. The fourth-order valence-electron chi connectivity index (χ4n) is 0.681. The van der Waals surface area contributed by atoms with E-state index in [9.17, 15) is 8.42 Å². The van der Waals surface area contributed by atoms with Gasteiger partial charge < -0.3 is 4.74 Å². The molecule has 14 heavy (non-hydrogen) atoms. The molecule has 0 unspecified atom stereocenters. The largest absolute Gasteiger partial charge is 0.467 e. The van der Waals surface area contributed by atoms with Gasteiger partial charge in [0.05, 0.1) is 25.2 Å². The quantitative estimate of drug-likeness (QED) is 0.817. The first-order valence-electron chi connectivity index (χ1n) is 3.50. The van der Waals surface area contributed by atoms with Crippen molar-refractivity contribution >= 4 is 31.6 Å². The Morgan fingerprint density at radius 1 is 1.50 bits per heavy atom. The van der Waals surface area contributed by atoms with Crippen LogP contribution < -0.4 is 9.46 Å². The summed E-state index contributed by atoms with van der Waals surface area (Å²) in [5.41, 5.74) is 0.297. The number of hydrogen-bond acceptors (Lipinski definition) is 5. The van der Waals surface area contributed by atoms with Crippen molar-refractivity contribution in [2.24, 2.45) is 0 Å². The molecule has 0 fully saturated rings. The SMILES string of the molecule is COc1ncc(NS(=O)(=O)CBr)cn1. The average Bonchev–Trinajstić information content (AvgIpc) is 2.19. The highest BCUT2D eigenvalue weighted by Crippen LogP contribution is 2.09. The van der Waals surface area contributed by atoms with Crippen molar-refractivity contribution in [1.29, 1.82) is 0 Å². The highest BCUT2D eigenvalue weighted by atomic mass is 79.9. The Morgan fingerprint density at radius 3 is 2.50 bits per heavy atom. The summed E-state index contributed by atoms with van der Waals surface area (Å²) in [5.74, 6) is 0. The molecule has 0 aliphatic heterocycles. The number of methoxy groups -OCH3 is 1. The van der Waals surface area contributed by atoms with Crippen molar-refractivity contribution in [3.63, 3.8) is 0 Å². The number of alkyl halides is 1. The highest BCUT2D eigenvalue weighted by molar-refractivity contribution is 9.10. The molecule has 0 radical (unpaired) electrons. The summed E-state index contributed by atoms with van der Waals surface area (Å²) >= 11 is 2.84. The molecule has 0 saturated heterocycles. The van der Waals surface area contributed by atoms with Crippen LogP contribution in [0.25, 0.3) is 0 Å². The van der Waals surface area contributed by atoms with Crippen LogP contribution >= 0.6 is 15.9 Å². The Bertz CT molecular complexity index is 391. The Kier molecular flexibility index (Phi) is 3.64. The number of ether oxygens (including phenoxy) is 1. The van der Waals surface area contributed by atoms with Gasteiger partial charge in [-0.3, -0.25) is 4.72 Å². The van der Waals surface area contributed by atoms with Crippen molar-refractivity contribution in [2.45, 2.75) is 0 Å². The minimum atomic E-state index is -3.35. The van der Waals surface area contributed by atoms with E-state index in [0.29, 0.717) is 5.69 Å². The standard InChI is InChI=1S/C6H8BrN3O3S/c1-13-6-8-2-5(3-9-6)10-14(11,12)4-7/h2-3,10H,4H2,1H3. The molecular weight excluding hydrogens is 274 g/mol. The molecular formula is C6H8BrN3O3S. The van der Waals surface area contributed by atoms with Crippen molar-refractivity contribution in [1.82, 2.24) is 9.97 Å². The number of halogens is 1. The highest BCUT2D eigenvalue weighted by Gasteiger charge is 2.08. The van der Waals surface area contributed by atoms with E-state index in [0.717, 1.165) is 0 Å². The average molecular weight is 282 g/mol. The first-order valence-corrected chi connectivity index (χ1v) is 6.27. The molecule has 0 spiro atoms. The zero-order valence-corrected chi connectivity index (χ0v) is 9.67. The van der Waals surface area contributed by atoms with Gasteiger partial charge in [0.25, 0.3) is 0 Å². The molecule has 6 nitrogen and oxygen atoms in total. The number of sulfonamides is 1. The third-order valence-electron chi connectivity index (χ3n) is 1.23. The van der Waals surface area contributed by atoms with E-state index in [-0.39, 0.29) is 10.7 Å². The molecule has 1 rings (SSSR count). The predicted molar refractivity (Wildman–Crippen MR) is 54.9 cm³/mol. The minimum Gasteiger partial charge on any atom is -0.467 e. The number of rotatable bonds is 4. The second-order valence-electron chi connectivity index (χ2n) is 2.28. The van der Waals surface area contributed by atoms with E-state index in [1.165, 1.54) is 19.5 Å². The Morgan fingerprint density at radius 2 is 2.07 bits per heavy atom. The molecule has 0 atom stereocenters. The Labute approximate surface area is 89.9 Å². The minimum absolute atomic E-state index is 0.175. The lowest BCUT2D eigenvalue weighted by Crippen LogP contribution is -2.13. The number of hydrogen-bond donors (Lipinski definition) is 1. The van der Waals surface area contributed by atoms with E-state index in [4.69, 9.17) is 4.74 Å². The van der Waals surface area contributed by atoms with Crippen LogP contribution in [0.4, 0.5) is 5.69 Å². The van der Waals surface area contributed by atoms with Crippen LogP contribution in [0.3, 0.4) is 0 Å². The third kappa shape index (κ3) is 3.11. The smallest absolute Gasteiger partial charge is 0.316 e. The molecule has 0 bridgehead atoms. The first kappa shape index (κ1) is 11.2. The van der Waals surface area contributed by atoms with Crippen molar-refractivity contribution in [2.75, 3.05) is 16.5 Å². The Balaban J connectivity index is 2.79. The summed E-state index contributed by atoms with van der Waals surface area (Å²) in [6.45, 7) is 0. The number of aromatic nitrogens is 2. The monoisotopic (exact) mass is 281 g/mol. The molecule has 0 aromatic carbocycles. The van der Waals surface area contributed by atoms with Crippen LogP contribution in [-0.4, -0.2) is 30.2 Å². The maximum absolute atomic E-state index is 11.1. The molecule has 1 aromatic rings. The van der Waals surface area contributed by atoms with Crippen molar-refractivity contribution in [3.8, 4) is 6.01 Å². The molecule has 78 valence electrons. The molecule has 0 amide bonds. The summed E-state index contributed by atoms with van der Waals surface area (Å²) in [7, 11) is -1.92. The van der Waals surface area contributed by atoms with Crippen LogP contribution in [-0.2, 0) is 10.0 Å². The molecule has 1 heterocycles. The van der Waals surface area contributed by atoms with E-state index in [2.05, 4.69) is 30.6 Å². The van der Waals surface area contributed by atoms with Gasteiger partial charge in [0.1, 0.15) is 4.66 Å². The van der Waals surface area contributed by atoms with Crippen LogP contribution in [0.5, 0.6) is 6.01 Å². The van der Waals surface area contributed by atoms with Gasteiger partial charge in [-0.15, -0.1) is 0 Å². The molecule has 1 N–H and O–H groups in total. The fraction of sp³-hybridized carbons (Fsp3) is 0.333. The normalized spacial score (nSPS) is 11.0. The van der Waals surface area contributed by atoms with Gasteiger partial charge in [0, 0.05) is 0 Å².